The first kappa shape index (κ1) is 18.4. The number of carbonyl (C=O) groups is 2. The molecule has 0 radical (unpaired) electrons. The number of hydrogen-bond acceptors (Lipinski definition) is 5. The van der Waals surface area contributed by atoms with Crippen molar-refractivity contribution in [2.45, 2.75) is 31.7 Å². The van der Waals surface area contributed by atoms with Crippen molar-refractivity contribution in [1.29, 1.82) is 0 Å². The van der Waals surface area contributed by atoms with Crippen LogP contribution in [-0.2, 0) is 33.2 Å². The second-order valence-corrected chi connectivity index (χ2v) is 7.44. The number of hydrogen-bond donors (Lipinski definition) is 1. The van der Waals surface area contributed by atoms with Gasteiger partial charge in [-0.2, -0.15) is 0 Å². The predicted molar refractivity (Wildman–Crippen MR) is 92.1 cm³/mol. The zero-order valence-electron chi connectivity index (χ0n) is 14.4. The standard InChI is InChI=1S/C17H23NO5S/c1-11(19)18-17(16(20)10-24(4)21)8-7-12-13(9-17)15(23-3)6-5-14(12)22-2/h5-6H,7-10H2,1-4H3,(H,18,19)/t17-,24?/m1/s1. The van der Waals surface area contributed by atoms with Gasteiger partial charge in [0, 0.05) is 41.5 Å². The molecule has 0 fully saturated rings. The second kappa shape index (κ2) is 7.34. The molecule has 2 atom stereocenters. The van der Waals surface area contributed by atoms with Crippen LogP contribution < -0.4 is 14.8 Å². The first-order valence-corrected chi connectivity index (χ1v) is 9.40. The number of rotatable bonds is 6. The Bertz CT molecular complexity index is 688. The Labute approximate surface area is 144 Å². The van der Waals surface area contributed by atoms with Crippen molar-refractivity contribution in [1.82, 2.24) is 5.32 Å². The average molecular weight is 353 g/mol. The van der Waals surface area contributed by atoms with Crippen LogP contribution >= 0.6 is 0 Å². The van der Waals surface area contributed by atoms with Gasteiger partial charge in [0.25, 0.3) is 0 Å². The van der Waals surface area contributed by atoms with Crippen LogP contribution in [0.3, 0.4) is 0 Å². The molecule has 0 saturated heterocycles. The van der Waals surface area contributed by atoms with Gasteiger partial charge in [0.1, 0.15) is 17.0 Å². The molecule has 0 heterocycles. The smallest absolute Gasteiger partial charge is 0.217 e. The van der Waals surface area contributed by atoms with Crippen LogP contribution in [0.5, 0.6) is 11.5 Å². The summed E-state index contributed by atoms with van der Waals surface area (Å²) in [6.45, 7) is 1.39. The lowest BCUT2D eigenvalue weighted by atomic mass is 9.75. The highest BCUT2D eigenvalue weighted by molar-refractivity contribution is 7.85. The number of nitrogens with one attached hydrogen (secondary N) is 1. The summed E-state index contributed by atoms with van der Waals surface area (Å²) in [5.74, 6) is 0.825. The highest BCUT2D eigenvalue weighted by Crippen LogP contribution is 2.40. The van der Waals surface area contributed by atoms with Crippen LogP contribution in [0.15, 0.2) is 12.1 Å². The average Bonchev–Trinajstić information content (AvgIpc) is 2.52. The first-order valence-electron chi connectivity index (χ1n) is 7.68. The number of ketones is 1. The molecule has 6 nitrogen and oxygen atoms in total. The molecule has 1 aliphatic carbocycles. The van der Waals surface area contributed by atoms with Crippen molar-refractivity contribution < 1.29 is 23.3 Å². The molecule has 0 aromatic heterocycles. The fourth-order valence-electron chi connectivity index (χ4n) is 3.30. The second-order valence-electron chi connectivity index (χ2n) is 6.01. The molecule has 7 heteroatoms. The lowest BCUT2D eigenvalue weighted by molar-refractivity contribution is -0.130. The lowest BCUT2D eigenvalue weighted by Gasteiger charge is -2.38. The van der Waals surface area contributed by atoms with Gasteiger partial charge in [-0.1, -0.05) is 0 Å². The maximum Gasteiger partial charge on any atom is 0.217 e. The molecule has 1 aliphatic rings. The van der Waals surface area contributed by atoms with E-state index in [-0.39, 0.29) is 17.4 Å². The van der Waals surface area contributed by atoms with E-state index in [0.29, 0.717) is 25.0 Å². The van der Waals surface area contributed by atoms with Gasteiger partial charge in [-0.05, 0) is 25.0 Å². The van der Waals surface area contributed by atoms with E-state index in [0.717, 1.165) is 16.9 Å². The normalized spacial score (nSPS) is 20.7. The van der Waals surface area contributed by atoms with Crippen molar-refractivity contribution in [3.8, 4) is 11.5 Å². The number of amides is 1. The molecule has 132 valence electrons. The molecule has 0 saturated carbocycles. The first-order chi connectivity index (χ1) is 11.3. The molecular formula is C17H23NO5S. The van der Waals surface area contributed by atoms with E-state index in [1.165, 1.54) is 13.2 Å². The summed E-state index contributed by atoms with van der Waals surface area (Å²) in [4.78, 5) is 24.5. The van der Waals surface area contributed by atoms with Crippen molar-refractivity contribution in [2.75, 3.05) is 26.2 Å². The Morgan fingerprint density at radius 1 is 1.21 bits per heavy atom. The fraction of sp³-hybridized carbons (Fsp3) is 0.529. The Morgan fingerprint density at radius 2 is 1.79 bits per heavy atom. The number of benzene rings is 1. The molecule has 1 unspecified atom stereocenters. The third-order valence-corrected chi connectivity index (χ3v) is 5.02. The maximum atomic E-state index is 12.8. The summed E-state index contributed by atoms with van der Waals surface area (Å²) in [6, 6.07) is 3.63. The van der Waals surface area contributed by atoms with Gasteiger partial charge in [-0.15, -0.1) is 0 Å². The maximum absolute atomic E-state index is 12.8. The summed E-state index contributed by atoms with van der Waals surface area (Å²) in [5.41, 5.74) is 0.791. The van der Waals surface area contributed by atoms with E-state index < -0.39 is 16.3 Å². The Kier molecular flexibility index (Phi) is 5.64. The number of methoxy groups -OCH3 is 2. The van der Waals surface area contributed by atoms with Gasteiger partial charge in [0.05, 0.1) is 20.0 Å². The molecule has 1 amide bonds. The molecule has 0 spiro atoms. The molecule has 0 bridgehead atoms. The number of Topliss-reactive ketones (excluding diaryl/α,β-unsaturated/α-hetero) is 1. The summed E-state index contributed by atoms with van der Waals surface area (Å²) in [6.07, 6.45) is 2.80. The van der Waals surface area contributed by atoms with Crippen LogP contribution in [-0.4, -0.2) is 47.7 Å². The summed E-state index contributed by atoms with van der Waals surface area (Å²) < 4.78 is 22.4. The largest absolute Gasteiger partial charge is 0.496 e. The predicted octanol–water partition coefficient (Wildman–Crippen LogP) is 1.01. The summed E-state index contributed by atoms with van der Waals surface area (Å²) in [5, 5.41) is 2.81. The Morgan fingerprint density at radius 3 is 2.29 bits per heavy atom. The quantitative estimate of drug-likeness (QED) is 0.826. The SMILES string of the molecule is COc1ccc(OC)c2c1CC[C@](NC(C)=O)(C(=O)CS(C)=O)C2. The molecule has 1 aromatic carbocycles. The van der Waals surface area contributed by atoms with Crippen LogP contribution in [0.4, 0.5) is 0 Å². The summed E-state index contributed by atoms with van der Waals surface area (Å²) >= 11 is 0. The zero-order chi connectivity index (χ0) is 17.9. The molecular weight excluding hydrogens is 330 g/mol. The zero-order valence-corrected chi connectivity index (χ0v) is 15.2. The van der Waals surface area contributed by atoms with E-state index in [4.69, 9.17) is 9.47 Å². The van der Waals surface area contributed by atoms with E-state index in [2.05, 4.69) is 5.32 Å². The van der Waals surface area contributed by atoms with E-state index in [1.807, 2.05) is 6.07 Å². The Balaban J connectivity index is 2.50. The Hall–Kier alpha value is -1.89. The van der Waals surface area contributed by atoms with Crippen molar-refractivity contribution in [2.24, 2.45) is 0 Å². The van der Waals surface area contributed by atoms with Gasteiger partial charge < -0.3 is 14.8 Å². The molecule has 24 heavy (non-hydrogen) atoms. The van der Waals surface area contributed by atoms with Crippen LogP contribution in [0.2, 0.25) is 0 Å². The fourth-order valence-corrected chi connectivity index (χ4v) is 3.95. The topological polar surface area (TPSA) is 81.7 Å². The lowest BCUT2D eigenvalue weighted by Crippen LogP contribution is -2.58. The van der Waals surface area contributed by atoms with Crippen molar-refractivity contribution in [3.63, 3.8) is 0 Å². The minimum Gasteiger partial charge on any atom is -0.496 e. The highest BCUT2D eigenvalue weighted by atomic mass is 32.2. The van der Waals surface area contributed by atoms with E-state index >= 15 is 0 Å². The highest BCUT2D eigenvalue weighted by Gasteiger charge is 2.43. The van der Waals surface area contributed by atoms with Crippen LogP contribution in [0.1, 0.15) is 24.5 Å². The van der Waals surface area contributed by atoms with Crippen LogP contribution in [0, 0.1) is 0 Å². The van der Waals surface area contributed by atoms with E-state index in [1.54, 1.807) is 20.3 Å². The van der Waals surface area contributed by atoms with Crippen molar-refractivity contribution in [3.05, 3.63) is 23.3 Å². The molecule has 1 N–H and O–H groups in total. The van der Waals surface area contributed by atoms with E-state index in [9.17, 15) is 13.8 Å². The van der Waals surface area contributed by atoms with Gasteiger partial charge in [-0.3, -0.25) is 13.8 Å². The molecule has 1 aromatic rings. The minimum atomic E-state index is -1.27. The third-order valence-electron chi connectivity index (χ3n) is 4.35. The summed E-state index contributed by atoms with van der Waals surface area (Å²) in [7, 11) is 1.90. The molecule has 0 aliphatic heterocycles. The number of carbonyl (C=O) groups excluding carboxylic acids is 2. The third kappa shape index (κ3) is 3.61. The van der Waals surface area contributed by atoms with Gasteiger partial charge in [-0.25, -0.2) is 0 Å². The number of ether oxygens (including phenoxy) is 2. The van der Waals surface area contributed by atoms with Crippen molar-refractivity contribution >= 4 is 22.5 Å². The minimum absolute atomic E-state index is 0.0815. The monoisotopic (exact) mass is 353 g/mol. The van der Waals surface area contributed by atoms with Gasteiger partial charge >= 0.3 is 0 Å². The number of fused-ring (bicyclic) bond motifs is 1. The van der Waals surface area contributed by atoms with Gasteiger partial charge in [0.2, 0.25) is 5.91 Å². The van der Waals surface area contributed by atoms with Crippen LogP contribution in [0.25, 0.3) is 0 Å². The molecule has 2 rings (SSSR count). The van der Waals surface area contributed by atoms with Gasteiger partial charge in [0.15, 0.2) is 5.78 Å².